The Labute approximate surface area is 158 Å². The monoisotopic (exact) mass is 392 g/mol. The van der Waals surface area contributed by atoms with E-state index in [-0.39, 0.29) is 4.90 Å². The fraction of sp³-hybridized carbons (Fsp3) is 0.294. The quantitative estimate of drug-likeness (QED) is 0.772. The number of sulfonamides is 1. The second-order valence-corrected chi connectivity index (χ2v) is 8.15. The number of benzene rings is 1. The SMILES string of the molecule is Cc1ccc(NC(=S)Nc2cccnc2)c(S(=O)(=O)N2CCOCC2)c1. The van der Waals surface area contributed by atoms with Crippen LogP contribution in [0.4, 0.5) is 11.4 Å². The maximum atomic E-state index is 13.1. The summed E-state index contributed by atoms with van der Waals surface area (Å²) in [6.45, 7) is 3.33. The maximum Gasteiger partial charge on any atom is 0.245 e. The maximum absolute atomic E-state index is 13.1. The zero-order valence-corrected chi connectivity index (χ0v) is 15.9. The fourth-order valence-corrected chi connectivity index (χ4v) is 4.46. The van der Waals surface area contributed by atoms with Gasteiger partial charge < -0.3 is 15.4 Å². The molecule has 0 saturated carbocycles. The summed E-state index contributed by atoms with van der Waals surface area (Å²) < 4.78 is 32.8. The van der Waals surface area contributed by atoms with E-state index < -0.39 is 10.0 Å². The van der Waals surface area contributed by atoms with E-state index in [2.05, 4.69) is 15.6 Å². The third-order valence-electron chi connectivity index (χ3n) is 3.89. The van der Waals surface area contributed by atoms with Crippen LogP contribution in [0.15, 0.2) is 47.6 Å². The highest BCUT2D eigenvalue weighted by atomic mass is 32.2. The van der Waals surface area contributed by atoms with Gasteiger partial charge in [0.25, 0.3) is 0 Å². The third-order valence-corrected chi connectivity index (χ3v) is 6.04. The first-order chi connectivity index (χ1) is 12.5. The number of ether oxygens (including phenoxy) is 1. The predicted molar refractivity (Wildman–Crippen MR) is 105 cm³/mol. The lowest BCUT2D eigenvalue weighted by Crippen LogP contribution is -2.41. The van der Waals surface area contributed by atoms with E-state index >= 15 is 0 Å². The Kier molecular flexibility index (Phi) is 5.82. The van der Waals surface area contributed by atoms with Crippen molar-refractivity contribution < 1.29 is 13.2 Å². The van der Waals surface area contributed by atoms with Crippen molar-refractivity contribution in [3.8, 4) is 0 Å². The van der Waals surface area contributed by atoms with Crippen LogP contribution in [0, 0.1) is 6.92 Å². The van der Waals surface area contributed by atoms with Gasteiger partial charge in [0.2, 0.25) is 10.0 Å². The molecule has 0 atom stereocenters. The minimum Gasteiger partial charge on any atom is -0.379 e. The number of rotatable bonds is 4. The van der Waals surface area contributed by atoms with Gasteiger partial charge in [-0.05, 0) is 49.0 Å². The van der Waals surface area contributed by atoms with Gasteiger partial charge in [-0.25, -0.2) is 8.42 Å². The summed E-state index contributed by atoms with van der Waals surface area (Å²) in [6, 6.07) is 8.82. The van der Waals surface area contributed by atoms with Crippen LogP contribution < -0.4 is 10.6 Å². The zero-order valence-electron chi connectivity index (χ0n) is 14.3. The molecule has 2 aromatic rings. The molecule has 1 saturated heterocycles. The molecule has 1 aromatic heterocycles. The zero-order chi connectivity index (χ0) is 18.6. The lowest BCUT2D eigenvalue weighted by Gasteiger charge is -2.27. The van der Waals surface area contributed by atoms with Gasteiger partial charge in [-0.3, -0.25) is 4.98 Å². The molecule has 26 heavy (non-hydrogen) atoms. The van der Waals surface area contributed by atoms with Crippen LogP contribution in [0.1, 0.15) is 5.56 Å². The number of aromatic nitrogens is 1. The average molecular weight is 393 g/mol. The second-order valence-electron chi connectivity index (χ2n) is 5.84. The number of morpholine rings is 1. The molecular formula is C17H20N4O3S2. The Morgan fingerprint density at radius 1 is 1.23 bits per heavy atom. The fourth-order valence-electron chi connectivity index (χ4n) is 2.59. The van der Waals surface area contributed by atoms with Gasteiger partial charge in [0, 0.05) is 19.3 Å². The topological polar surface area (TPSA) is 83.6 Å². The summed E-state index contributed by atoms with van der Waals surface area (Å²) in [5.74, 6) is 0. The molecule has 3 rings (SSSR count). The first kappa shape index (κ1) is 18.7. The van der Waals surface area contributed by atoms with Crippen molar-refractivity contribution in [2.45, 2.75) is 11.8 Å². The first-order valence-corrected chi connectivity index (χ1v) is 9.98. The lowest BCUT2D eigenvalue weighted by molar-refractivity contribution is 0.0730. The molecule has 9 heteroatoms. The van der Waals surface area contributed by atoms with E-state index in [1.54, 1.807) is 30.6 Å². The van der Waals surface area contributed by atoms with Gasteiger partial charge in [0.1, 0.15) is 4.90 Å². The van der Waals surface area contributed by atoms with E-state index in [9.17, 15) is 8.42 Å². The molecule has 1 fully saturated rings. The summed E-state index contributed by atoms with van der Waals surface area (Å²) in [5.41, 5.74) is 2.01. The van der Waals surface area contributed by atoms with Gasteiger partial charge >= 0.3 is 0 Å². The Morgan fingerprint density at radius 3 is 2.69 bits per heavy atom. The van der Waals surface area contributed by atoms with E-state index in [0.717, 1.165) is 11.3 Å². The molecule has 1 aromatic carbocycles. The Hall–Kier alpha value is -2.07. The molecule has 0 aliphatic carbocycles. The van der Waals surface area contributed by atoms with E-state index in [0.29, 0.717) is 37.1 Å². The highest BCUT2D eigenvalue weighted by Crippen LogP contribution is 2.27. The summed E-state index contributed by atoms with van der Waals surface area (Å²) in [7, 11) is -3.64. The number of hydrogen-bond acceptors (Lipinski definition) is 5. The van der Waals surface area contributed by atoms with Crippen molar-refractivity contribution in [2.75, 3.05) is 36.9 Å². The van der Waals surface area contributed by atoms with Crippen molar-refractivity contribution >= 4 is 38.7 Å². The summed E-state index contributed by atoms with van der Waals surface area (Å²) >= 11 is 5.31. The Bertz CT molecular complexity index is 882. The molecule has 138 valence electrons. The Morgan fingerprint density at radius 2 is 2.00 bits per heavy atom. The lowest BCUT2D eigenvalue weighted by atomic mass is 10.2. The third kappa shape index (κ3) is 4.36. The highest BCUT2D eigenvalue weighted by molar-refractivity contribution is 7.89. The smallest absolute Gasteiger partial charge is 0.245 e. The molecule has 2 heterocycles. The van der Waals surface area contributed by atoms with E-state index in [1.807, 2.05) is 19.1 Å². The van der Waals surface area contributed by atoms with Crippen molar-refractivity contribution in [3.63, 3.8) is 0 Å². The number of thiocarbonyl (C=S) groups is 1. The van der Waals surface area contributed by atoms with Crippen LogP contribution in [0.5, 0.6) is 0 Å². The van der Waals surface area contributed by atoms with E-state index in [4.69, 9.17) is 17.0 Å². The van der Waals surface area contributed by atoms with Gasteiger partial charge in [-0.1, -0.05) is 6.07 Å². The first-order valence-electron chi connectivity index (χ1n) is 8.13. The molecule has 1 aliphatic heterocycles. The minimum absolute atomic E-state index is 0.203. The minimum atomic E-state index is -3.64. The largest absolute Gasteiger partial charge is 0.379 e. The normalized spacial score (nSPS) is 15.4. The number of aryl methyl sites for hydroxylation is 1. The molecule has 0 amide bonds. The van der Waals surface area contributed by atoms with Crippen LogP contribution in [0.2, 0.25) is 0 Å². The van der Waals surface area contributed by atoms with Gasteiger partial charge in [0.15, 0.2) is 5.11 Å². The summed E-state index contributed by atoms with van der Waals surface area (Å²) in [6.07, 6.45) is 3.29. The summed E-state index contributed by atoms with van der Waals surface area (Å²) in [4.78, 5) is 4.21. The van der Waals surface area contributed by atoms with Crippen LogP contribution in [0.25, 0.3) is 0 Å². The van der Waals surface area contributed by atoms with Gasteiger partial charge in [-0.15, -0.1) is 0 Å². The number of anilines is 2. The predicted octanol–water partition coefficient (Wildman–Crippen LogP) is 2.22. The van der Waals surface area contributed by atoms with Crippen LogP contribution >= 0.6 is 12.2 Å². The molecule has 0 spiro atoms. The standard InChI is InChI=1S/C17H20N4O3S2/c1-13-4-5-15(20-17(25)19-14-3-2-6-18-12-14)16(11-13)26(22,23)21-7-9-24-10-8-21/h2-6,11-12H,7-10H2,1H3,(H2,19,20,25). The van der Waals surface area contributed by atoms with Gasteiger partial charge in [-0.2, -0.15) is 4.31 Å². The van der Waals surface area contributed by atoms with Crippen molar-refractivity contribution in [1.82, 2.24) is 9.29 Å². The molecular weight excluding hydrogens is 372 g/mol. The van der Waals surface area contributed by atoms with Gasteiger partial charge in [0.05, 0.1) is 30.8 Å². The Balaban J connectivity index is 1.85. The highest BCUT2D eigenvalue weighted by Gasteiger charge is 2.29. The van der Waals surface area contributed by atoms with Crippen molar-refractivity contribution in [3.05, 3.63) is 48.3 Å². The molecule has 2 N–H and O–H groups in total. The number of nitrogens with zero attached hydrogens (tertiary/aromatic N) is 2. The van der Waals surface area contributed by atoms with E-state index in [1.165, 1.54) is 4.31 Å². The molecule has 0 unspecified atom stereocenters. The average Bonchev–Trinajstić information content (AvgIpc) is 2.64. The molecule has 0 radical (unpaired) electrons. The van der Waals surface area contributed by atoms with Crippen LogP contribution in [-0.4, -0.2) is 49.1 Å². The summed E-state index contributed by atoms with van der Waals surface area (Å²) in [5, 5.41) is 6.27. The number of nitrogens with one attached hydrogen (secondary N) is 2. The molecule has 1 aliphatic rings. The number of pyridine rings is 1. The van der Waals surface area contributed by atoms with Crippen molar-refractivity contribution in [1.29, 1.82) is 0 Å². The second kappa shape index (κ2) is 8.09. The number of hydrogen-bond donors (Lipinski definition) is 2. The van der Waals surface area contributed by atoms with Crippen molar-refractivity contribution in [2.24, 2.45) is 0 Å². The molecule has 0 bridgehead atoms. The van der Waals surface area contributed by atoms with Crippen LogP contribution in [0.3, 0.4) is 0 Å². The molecule has 7 nitrogen and oxygen atoms in total. The van der Waals surface area contributed by atoms with Crippen LogP contribution in [-0.2, 0) is 14.8 Å².